The third kappa shape index (κ3) is 3.24. The summed E-state index contributed by atoms with van der Waals surface area (Å²) in [7, 11) is 0. The highest BCUT2D eigenvalue weighted by Crippen LogP contribution is 2.11. The molecule has 0 aliphatic heterocycles. The molecule has 4 heteroatoms. The van der Waals surface area contributed by atoms with E-state index in [9.17, 15) is 9.90 Å². The highest BCUT2D eigenvalue weighted by atomic mass is 16.3. The number of nitrogens with one attached hydrogen (secondary N) is 1. The van der Waals surface area contributed by atoms with Crippen LogP contribution in [0.5, 0.6) is 5.75 Å². The van der Waals surface area contributed by atoms with Gasteiger partial charge in [-0.1, -0.05) is 13.0 Å². The number of carbonyl (C=O) groups excluding carboxylic acids is 1. The van der Waals surface area contributed by atoms with Crippen molar-refractivity contribution in [1.29, 1.82) is 0 Å². The lowest BCUT2D eigenvalue weighted by Gasteiger charge is -2.19. The Labute approximate surface area is 95.5 Å². The maximum absolute atomic E-state index is 11.8. The molecule has 1 rings (SSSR count). The molecule has 0 radical (unpaired) electrons. The summed E-state index contributed by atoms with van der Waals surface area (Å²) in [5.41, 5.74) is 5.97. The van der Waals surface area contributed by atoms with Crippen LogP contribution in [0.2, 0.25) is 0 Å². The van der Waals surface area contributed by atoms with Crippen molar-refractivity contribution in [2.45, 2.75) is 19.9 Å². The molecule has 2 atom stereocenters. The smallest absolute Gasteiger partial charge is 0.251 e. The summed E-state index contributed by atoms with van der Waals surface area (Å²) in [5, 5.41) is 12.1. The van der Waals surface area contributed by atoms with E-state index in [0.717, 1.165) is 0 Å². The van der Waals surface area contributed by atoms with Crippen molar-refractivity contribution in [2.24, 2.45) is 11.7 Å². The highest BCUT2D eigenvalue weighted by molar-refractivity contribution is 5.94. The molecule has 16 heavy (non-hydrogen) atoms. The van der Waals surface area contributed by atoms with Gasteiger partial charge in [0, 0.05) is 11.6 Å². The van der Waals surface area contributed by atoms with Crippen LogP contribution in [-0.4, -0.2) is 23.6 Å². The van der Waals surface area contributed by atoms with Gasteiger partial charge in [0.2, 0.25) is 0 Å². The second-order valence-electron chi connectivity index (χ2n) is 4.03. The first-order chi connectivity index (χ1) is 7.54. The predicted molar refractivity (Wildman–Crippen MR) is 63.3 cm³/mol. The molecule has 0 aliphatic carbocycles. The van der Waals surface area contributed by atoms with Crippen LogP contribution in [0.1, 0.15) is 24.2 Å². The Bertz CT molecular complexity index is 366. The van der Waals surface area contributed by atoms with E-state index in [1.807, 2.05) is 13.8 Å². The quantitative estimate of drug-likeness (QED) is 0.714. The summed E-state index contributed by atoms with van der Waals surface area (Å²) in [4.78, 5) is 11.8. The molecular formula is C12H18N2O2. The molecule has 0 saturated heterocycles. The van der Waals surface area contributed by atoms with Gasteiger partial charge in [-0.25, -0.2) is 0 Å². The van der Waals surface area contributed by atoms with Gasteiger partial charge in [0.05, 0.1) is 0 Å². The van der Waals surface area contributed by atoms with Gasteiger partial charge >= 0.3 is 0 Å². The number of phenols is 1. The number of hydrogen-bond donors (Lipinski definition) is 3. The molecular weight excluding hydrogens is 204 g/mol. The van der Waals surface area contributed by atoms with Gasteiger partial charge in [0.1, 0.15) is 5.75 Å². The summed E-state index contributed by atoms with van der Waals surface area (Å²) in [6, 6.07) is 6.29. The predicted octanol–water partition coefficient (Wildman–Crippen LogP) is 1.11. The summed E-state index contributed by atoms with van der Waals surface area (Å²) in [5.74, 6) is 0.122. The van der Waals surface area contributed by atoms with E-state index in [1.54, 1.807) is 12.1 Å². The van der Waals surface area contributed by atoms with E-state index in [1.165, 1.54) is 12.1 Å². The van der Waals surface area contributed by atoms with Gasteiger partial charge in [0.25, 0.3) is 5.91 Å². The van der Waals surface area contributed by atoms with Crippen molar-refractivity contribution >= 4 is 5.91 Å². The molecule has 1 aromatic rings. The Morgan fingerprint density at radius 2 is 2.19 bits per heavy atom. The van der Waals surface area contributed by atoms with E-state index in [4.69, 9.17) is 5.73 Å². The van der Waals surface area contributed by atoms with Gasteiger partial charge in [-0.05, 0) is 37.6 Å². The lowest BCUT2D eigenvalue weighted by molar-refractivity contribution is 0.0929. The topological polar surface area (TPSA) is 75.3 Å². The Kier molecular flexibility index (Phi) is 4.31. The molecule has 2 unspecified atom stereocenters. The van der Waals surface area contributed by atoms with Crippen LogP contribution in [0.25, 0.3) is 0 Å². The summed E-state index contributed by atoms with van der Waals surface area (Å²) < 4.78 is 0. The van der Waals surface area contributed by atoms with Crippen LogP contribution in [0, 0.1) is 5.92 Å². The van der Waals surface area contributed by atoms with Crippen molar-refractivity contribution < 1.29 is 9.90 Å². The minimum atomic E-state index is -0.191. The molecule has 1 amide bonds. The fraction of sp³-hybridized carbons (Fsp3) is 0.417. The molecule has 4 nitrogen and oxygen atoms in total. The molecule has 0 saturated carbocycles. The molecule has 4 N–H and O–H groups in total. The maximum Gasteiger partial charge on any atom is 0.251 e. The summed E-state index contributed by atoms with van der Waals surface area (Å²) in [6.07, 6.45) is 0. The number of aromatic hydroxyl groups is 1. The number of rotatable bonds is 4. The fourth-order valence-electron chi connectivity index (χ4n) is 1.28. The first kappa shape index (κ1) is 12.5. The average molecular weight is 222 g/mol. The van der Waals surface area contributed by atoms with Gasteiger partial charge in [-0.3, -0.25) is 4.79 Å². The Morgan fingerprint density at radius 3 is 2.75 bits per heavy atom. The molecule has 0 aromatic heterocycles. The average Bonchev–Trinajstić information content (AvgIpc) is 2.27. The highest BCUT2D eigenvalue weighted by Gasteiger charge is 2.14. The lowest BCUT2D eigenvalue weighted by atomic mass is 10.0. The second-order valence-corrected chi connectivity index (χ2v) is 4.03. The largest absolute Gasteiger partial charge is 0.508 e. The number of phenolic OH excluding ortho intramolecular Hbond substituents is 1. The van der Waals surface area contributed by atoms with Crippen molar-refractivity contribution in [3.8, 4) is 5.75 Å². The normalized spacial score (nSPS) is 14.2. The van der Waals surface area contributed by atoms with Crippen molar-refractivity contribution in [1.82, 2.24) is 5.32 Å². The number of amides is 1. The zero-order valence-electron chi connectivity index (χ0n) is 9.60. The summed E-state index contributed by atoms with van der Waals surface area (Å²) in [6.45, 7) is 4.42. The number of carbonyl (C=O) groups is 1. The summed E-state index contributed by atoms with van der Waals surface area (Å²) >= 11 is 0. The third-order valence-corrected chi connectivity index (χ3v) is 2.69. The van der Waals surface area contributed by atoms with E-state index in [2.05, 4.69) is 5.32 Å². The van der Waals surface area contributed by atoms with E-state index in [-0.39, 0.29) is 23.6 Å². The van der Waals surface area contributed by atoms with Crippen LogP contribution in [0.3, 0.4) is 0 Å². The monoisotopic (exact) mass is 222 g/mol. The van der Waals surface area contributed by atoms with Gasteiger partial charge in [-0.2, -0.15) is 0 Å². The van der Waals surface area contributed by atoms with Gasteiger partial charge in [-0.15, -0.1) is 0 Å². The number of benzene rings is 1. The van der Waals surface area contributed by atoms with Crippen LogP contribution < -0.4 is 11.1 Å². The van der Waals surface area contributed by atoms with Crippen LogP contribution in [0.15, 0.2) is 24.3 Å². The first-order valence-corrected chi connectivity index (χ1v) is 5.34. The van der Waals surface area contributed by atoms with Crippen molar-refractivity contribution in [3.63, 3.8) is 0 Å². The standard InChI is InChI=1S/C12H18N2O2/c1-8(7-13)9(2)14-12(16)10-4-3-5-11(15)6-10/h3-6,8-9,15H,7,13H2,1-2H3,(H,14,16). The van der Waals surface area contributed by atoms with Crippen LogP contribution >= 0.6 is 0 Å². The maximum atomic E-state index is 11.8. The molecule has 0 spiro atoms. The van der Waals surface area contributed by atoms with Crippen molar-refractivity contribution in [3.05, 3.63) is 29.8 Å². The Morgan fingerprint density at radius 1 is 1.50 bits per heavy atom. The zero-order chi connectivity index (χ0) is 12.1. The molecule has 0 heterocycles. The SMILES string of the molecule is CC(CN)C(C)NC(=O)c1cccc(O)c1. The minimum Gasteiger partial charge on any atom is -0.508 e. The molecule has 0 fully saturated rings. The molecule has 0 bridgehead atoms. The van der Waals surface area contributed by atoms with E-state index in [0.29, 0.717) is 12.1 Å². The molecule has 1 aromatic carbocycles. The third-order valence-electron chi connectivity index (χ3n) is 2.69. The zero-order valence-corrected chi connectivity index (χ0v) is 9.60. The van der Waals surface area contributed by atoms with Gasteiger partial charge < -0.3 is 16.2 Å². The second kappa shape index (κ2) is 5.51. The molecule has 0 aliphatic rings. The van der Waals surface area contributed by atoms with E-state index >= 15 is 0 Å². The number of nitrogens with two attached hydrogens (primary N) is 1. The van der Waals surface area contributed by atoms with E-state index < -0.39 is 0 Å². The van der Waals surface area contributed by atoms with Crippen LogP contribution in [-0.2, 0) is 0 Å². The van der Waals surface area contributed by atoms with Crippen LogP contribution in [0.4, 0.5) is 0 Å². The van der Waals surface area contributed by atoms with Gasteiger partial charge in [0.15, 0.2) is 0 Å². The fourth-order valence-corrected chi connectivity index (χ4v) is 1.28. The minimum absolute atomic E-state index is 0.0137. The number of hydrogen-bond acceptors (Lipinski definition) is 3. The Hall–Kier alpha value is -1.55. The lowest BCUT2D eigenvalue weighted by Crippen LogP contribution is -2.39. The van der Waals surface area contributed by atoms with Crippen molar-refractivity contribution in [2.75, 3.05) is 6.54 Å². The first-order valence-electron chi connectivity index (χ1n) is 5.34. The molecule has 88 valence electrons. The Balaban J connectivity index is 2.66.